The van der Waals surface area contributed by atoms with Gasteiger partial charge < -0.3 is 19.1 Å². The van der Waals surface area contributed by atoms with Gasteiger partial charge in [0, 0.05) is 56.5 Å². The maximum atomic E-state index is 13.5. The molecule has 3 aliphatic rings. The third-order valence-corrected chi connectivity index (χ3v) is 8.59. The van der Waals surface area contributed by atoms with Gasteiger partial charge in [0.1, 0.15) is 11.6 Å². The van der Waals surface area contributed by atoms with Crippen LogP contribution in [0.25, 0.3) is 0 Å². The van der Waals surface area contributed by atoms with Gasteiger partial charge >= 0.3 is 7.12 Å². The minimum absolute atomic E-state index is 0.0160. The lowest BCUT2D eigenvalue weighted by Gasteiger charge is -2.40. The zero-order chi connectivity index (χ0) is 26.7. The van der Waals surface area contributed by atoms with E-state index in [0.717, 1.165) is 18.3 Å². The number of carbonyl (C=O) groups is 1. The van der Waals surface area contributed by atoms with E-state index < -0.39 is 18.3 Å². The smallest absolute Gasteiger partial charge is 0.399 e. The van der Waals surface area contributed by atoms with Gasteiger partial charge in [-0.05, 0) is 46.5 Å². The van der Waals surface area contributed by atoms with Crippen LogP contribution in [0.4, 0.5) is 5.95 Å². The van der Waals surface area contributed by atoms with Gasteiger partial charge in [-0.1, -0.05) is 23.2 Å². The molecule has 2 saturated heterocycles. The van der Waals surface area contributed by atoms with Crippen molar-refractivity contribution in [1.82, 2.24) is 24.6 Å². The first-order valence-corrected chi connectivity index (χ1v) is 13.2. The molecule has 0 spiro atoms. The van der Waals surface area contributed by atoms with Gasteiger partial charge in [0.05, 0.1) is 11.2 Å². The molecule has 0 radical (unpaired) electrons. The van der Waals surface area contributed by atoms with Crippen molar-refractivity contribution < 1.29 is 14.1 Å². The average Bonchev–Trinajstić information content (AvgIpc) is 3.36. The molecule has 37 heavy (non-hydrogen) atoms. The summed E-state index contributed by atoms with van der Waals surface area (Å²) in [5.74, 6) is 0.780. The largest absolute Gasteiger partial charge is 0.498 e. The fraction of sp³-hybridized carbons (Fsp3) is 0.625. The Morgan fingerprint density at radius 1 is 1.24 bits per heavy atom. The van der Waals surface area contributed by atoms with Crippen LogP contribution >= 0.6 is 23.2 Å². The molecule has 196 valence electrons. The molecule has 0 N–H and O–H groups in total. The number of piperazine rings is 1. The van der Waals surface area contributed by atoms with Gasteiger partial charge in [-0.15, -0.1) is 0 Å². The molecule has 0 aromatic carbocycles. The Balaban J connectivity index is 1.20. The lowest BCUT2D eigenvalue weighted by atomic mass is 9.81. The second-order valence-electron chi connectivity index (χ2n) is 11.0. The van der Waals surface area contributed by atoms with Crippen molar-refractivity contribution in [1.29, 1.82) is 5.26 Å². The number of carbonyl (C=O) groups excluding carboxylic acids is 1. The van der Waals surface area contributed by atoms with Crippen LogP contribution in [0.3, 0.4) is 0 Å². The van der Waals surface area contributed by atoms with Gasteiger partial charge in [0.15, 0.2) is 10.3 Å². The molecule has 10 nitrogen and oxygen atoms in total. The van der Waals surface area contributed by atoms with Crippen LogP contribution in [0.2, 0.25) is 10.3 Å². The molecule has 2 aliphatic heterocycles. The molecule has 1 amide bonds. The molecule has 2 aromatic heterocycles. The highest BCUT2D eigenvalue weighted by Crippen LogP contribution is 2.51. The van der Waals surface area contributed by atoms with Crippen molar-refractivity contribution >= 4 is 47.6 Å². The summed E-state index contributed by atoms with van der Waals surface area (Å²) in [7, 11) is 1.40. The van der Waals surface area contributed by atoms with Crippen molar-refractivity contribution in [2.75, 3.05) is 24.5 Å². The Labute approximate surface area is 227 Å². The quantitative estimate of drug-likeness (QED) is 0.416. The number of hydrogen-bond donors (Lipinski definition) is 0. The van der Waals surface area contributed by atoms with Crippen molar-refractivity contribution in [2.45, 2.75) is 57.8 Å². The summed E-state index contributed by atoms with van der Waals surface area (Å²) < 4.78 is 14.5. The Morgan fingerprint density at radius 3 is 2.54 bits per heavy atom. The Morgan fingerprint density at radius 2 is 1.95 bits per heavy atom. The van der Waals surface area contributed by atoms with Gasteiger partial charge in [0.25, 0.3) is 0 Å². The van der Waals surface area contributed by atoms with Crippen LogP contribution in [0.1, 0.15) is 46.1 Å². The highest BCUT2D eigenvalue weighted by atomic mass is 35.5. The number of amides is 1. The Kier molecular flexibility index (Phi) is 6.68. The molecule has 4 atom stereocenters. The van der Waals surface area contributed by atoms with Gasteiger partial charge in [-0.3, -0.25) is 9.48 Å². The lowest BCUT2D eigenvalue weighted by Crippen LogP contribution is -2.55. The molecule has 3 fully saturated rings. The van der Waals surface area contributed by atoms with Crippen LogP contribution in [-0.4, -0.2) is 74.6 Å². The van der Waals surface area contributed by atoms with E-state index in [9.17, 15) is 4.79 Å². The first-order chi connectivity index (χ1) is 17.4. The first kappa shape index (κ1) is 26.2. The maximum Gasteiger partial charge on any atom is 0.498 e. The number of rotatable bonds is 5. The molecule has 4 heterocycles. The minimum Gasteiger partial charge on any atom is -0.399 e. The summed E-state index contributed by atoms with van der Waals surface area (Å²) in [6.07, 6.45) is 5.27. The van der Waals surface area contributed by atoms with Crippen LogP contribution in [-0.2, 0) is 21.2 Å². The second kappa shape index (κ2) is 9.42. The van der Waals surface area contributed by atoms with E-state index in [4.69, 9.17) is 37.8 Å². The normalized spacial score (nSPS) is 28.9. The maximum absolute atomic E-state index is 13.5. The number of anilines is 1. The molecule has 5 rings (SSSR count). The SMILES string of the molecule is C[C@@H]1CN(c2nc(Cl)c(C#N)c(Cl)n2)CCN1C(=O)C1CC1CC1(C)OB(c2cnn(C)c2)OC1(C)C. The summed E-state index contributed by atoms with van der Waals surface area (Å²) in [5, 5.41) is 13.4. The summed E-state index contributed by atoms with van der Waals surface area (Å²) >= 11 is 12.2. The van der Waals surface area contributed by atoms with Crippen LogP contribution in [0, 0.1) is 23.2 Å². The van der Waals surface area contributed by atoms with E-state index >= 15 is 0 Å². The Bertz CT molecular complexity index is 1240. The molecule has 3 unspecified atom stereocenters. The predicted octanol–water partition coefficient (Wildman–Crippen LogP) is 2.43. The lowest BCUT2D eigenvalue weighted by molar-refractivity contribution is -0.135. The fourth-order valence-electron chi connectivity index (χ4n) is 5.37. The first-order valence-electron chi connectivity index (χ1n) is 12.4. The molecule has 2 aromatic rings. The molecular formula is C24H30BCl2N7O3. The minimum atomic E-state index is -0.525. The fourth-order valence-corrected chi connectivity index (χ4v) is 5.84. The van der Waals surface area contributed by atoms with Crippen LogP contribution in [0.15, 0.2) is 12.4 Å². The highest BCUT2D eigenvalue weighted by molar-refractivity contribution is 6.62. The average molecular weight is 546 g/mol. The van der Waals surface area contributed by atoms with Crippen LogP contribution in [0.5, 0.6) is 0 Å². The van der Waals surface area contributed by atoms with E-state index in [2.05, 4.69) is 22.0 Å². The van der Waals surface area contributed by atoms with E-state index in [-0.39, 0.29) is 39.7 Å². The second-order valence-corrected chi connectivity index (χ2v) is 11.7. The van der Waals surface area contributed by atoms with Crippen LogP contribution < -0.4 is 10.4 Å². The number of hydrogen-bond acceptors (Lipinski definition) is 8. The van der Waals surface area contributed by atoms with Crippen molar-refractivity contribution in [3.8, 4) is 6.07 Å². The number of halogens is 2. The van der Waals surface area contributed by atoms with E-state index in [1.165, 1.54) is 0 Å². The molecule has 1 saturated carbocycles. The van der Waals surface area contributed by atoms with Gasteiger partial charge in [0.2, 0.25) is 11.9 Å². The third-order valence-electron chi connectivity index (χ3n) is 8.05. The number of nitrogens with zero attached hydrogens (tertiary/aromatic N) is 7. The number of aromatic nitrogens is 4. The topological polar surface area (TPSA) is 109 Å². The van der Waals surface area contributed by atoms with E-state index in [1.54, 1.807) is 10.9 Å². The summed E-state index contributed by atoms with van der Waals surface area (Å²) in [5.41, 5.74) is -0.0767. The predicted molar refractivity (Wildman–Crippen MR) is 140 cm³/mol. The number of aryl methyl sites for hydroxylation is 1. The zero-order valence-electron chi connectivity index (χ0n) is 21.6. The van der Waals surface area contributed by atoms with E-state index in [0.29, 0.717) is 25.6 Å². The van der Waals surface area contributed by atoms with Gasteiger partial charge in [-0.25, -0.2) is 0 Å². The molecule has 13 heteroatoms. The highest BCUT2D eigenvalue weighted by Gasteiger charge is 2.59. The van der Waals surface area contributed by atoms with Crippen molar-refractivity contribution in [3.63, 3.8) is 0 Å². The van der Waals surface area contributed by atoms with Gasteiger partial charge in [-0.2, -0.15) is 20.3 Å². The summed E-state index contributed by atoms with van der Waals surface area (Å²) in [6.45, 7) is 9.86. The van der Waals surface area contributed by atoms with E-state index in [1.807, 2.05) is 49.9 Å². The number of nitriles is 1. The Hall–Kier alpha value is -2.39. The molecular weight excluding hydrogens is 516 g/mol. The summed E-state index contributed by atoms with van der Waals surface area (Å²) in [6, 6.07) is 1.88. The zero-order valence-corrected chi connectivity index (χ0v) is 23.1. The molecule has 1 aliphatic carbocycles. The monoisotopic (exact) mass is 545 g/mol. The standard InChI is InChI=1S/C24H30BCl2N7O3/c1-14-12-33(22-30-19(26)18(10-28)20(27)31-22)6-7-34(14)21(35)17-8-15(17)9-24(4)23(2,3)36-25(37-24)16-11-29-32(5)13-16/h11,13-15,17H,6-9,12H2,1-5H3/t14-,15?,17?,24?/m1/s1. The summed E-state index contributed by atoms with van der Waals surface area (Å²) in [4.78, 5) is 25.8. The third kappa shape index (κ3) is 4.81. The van der Waals surface area contributed by atoms with Crippen molar-refractivity contribution in [3.05, 3.63) is 28.3 Å². The molecule has 0 bridgehead atoms. The van der Waals surface area contributed by atoms with Crippen molar-refractivity contribution in [2.24, 2.45) is 18.9 Å².